The fraction of sp³-hybridized carbons (Fsp3) is 0.600. The van der Waals surface area contributed by atoms with Crippen molar-refractivity contribution < 1.29 is 0 Å². The Hall–Kier alpha value is -1.12. The molecule has 1 heterocycles. The normalized spacial score (nSPS) is 10.1. The summed E-state index contributed by atoms with van der Waals surface area (Å²) in [6.45, 7) is 4.30. The first-order valence-corrected chi connectivity index (χ1v) is 4.84. The number of aryl methyl sites for hydroxylation is 2. The van der Waals surface area contributed by atoms with E-state index in [4.69, 9.17) is 0 Å². The smallest absolute Gasteiger partial charge is 0.222 e. The van der Waals surface area contributed by atoms with Crippen LogP contribution in [0.25, 0.3) is 0 Å². The molecule has 0 saturated heterocycles. The maximum absolute atomic E-state index is 4.43. The average Bonchev–Trinajstić information content (AvgIpc) is 2.18. The van der Waals surface area contributed by atoms with E-state index in [9.17, 15) is 0 Å². The SMILES string of the molecule is CCCc1nc(NC)ncc1CC. The van der Waals surface area contributed by atoms with Crippen LogP contribution in [0.2, 0.25) is 0 Å². The Balaban J connectivity index is 2.95. The molecule has 0 aliphatic carbocycles. The predicted octanol–water partition coefficient (Wildman–Crippen LogP) is 2.03. The van der Waals surface area contributed by atoms with Crippen LogP contribution in [0.3, 0.4) is 0 Å². The van der Waals surface area contributed by atoms with E-state index in [0.29, 0.717) is 0 Å². The van der Waals surface area contributed by atoms with Gasteiger partial charge in [-0.1, -0.05) is 20.3 Å². The highest BCUT2D eigenvalue weighted by molar-refractivity contribution is 5.28. The molecule has 0 aliphatic rings. The largest absolute Gasteiger partial charge is 0.357 e. The van der Waals surface area contributed by atoms with Crippen molar-refractivity contribution in [3.63, 3.8) is 0 Å². The molecule has 3 nitrogen and oxygen atoms in total. The van der Waals surface area contributed by atoms with Gasteiger partial charge in [0.1, 0.15) is 0 Å². The van der Waals surface area contributed by atoms with E-state index in [1.165, 1.54) is 11.3 Å². The number of rotatable bonds is 4. The van der Waals surface area contributed by atoms with Crippen LogP contribution < -0.4 is 5.32 Å². The summed E-state index contributed by atoms with van der Waals surface area (Å²) in [5.74, 6) is 0.723. The van der Waals surface area contributed by atoms with Gasteiger partial charge < -0.3 is 5.32 Å². The van der Waals surface area contributed by atoms with Crippen molar-refractivity contribution in [2.45, 2.75) is 33.1 Å². The second kappa shape index (κ2) is 4.80. The molecule has 0 spiro atoms. The number of hydrogen-bond acceptors (Lipinski definition) is 3. The van der Waals surface area contributed by atoms with Crippen molar-refractivity contribution in [3.8, 4) is 0 Å². The zero-order chi connectivity index (χ0) is 9.68. The molecule has 3 heteroatoms. The molecule has 0 atom stereocenters. The lowest BCUT2D eigenvalue weighted by molar-refractivity contribution is 0.846. The summed E-state index contributed by atoms with van der Waals surface area (Å²) >= 11 is 0. The summed E-state index contributed by atoms with van der Waals surface area (Å²) < 4.78 is 0. The minimum atomic E-state index is 0.723. The highest BCUT2D eigenvalue weighted by atomic mass is 15.1. The maximum atomic E-state index is 4.43. The lowest BCUT2D eigenvalue weighted by atomic mass is 10.1. The van der Waals surface area contributed by atoms with Gasteiger partial charge in [-0.15, -0.1) is 0 Å². The average molecular weight is 179 g/mol. The number of nitrogens with one attached hydrogen (secondary N) is 1. The highest BCUT2D eigenvalue weighted by Crippen LogP contribution is 2.10. The molecule has 0 aromatic carbocycles. The topological polar surface area (TPSA) is 37.8 Å². The third-order valence-electron chi connectivity index (χ3n) is 2.05. The van der Waals surface area contributed by atoms with Crippen molar-refractivity contribution >= 4 is 5.95 Å². The van der Waals surface area contributed by atoms with E-state index >= 15 is 0 Å². The van der Waals surface area contributed by atoms with Crippen molar-refractivity contribution in [1.82, 2.24) is 9.97 Å². The minimum absolute atomic E-state index is 0.723. The van der Waals surface area contributed by atoms with Gasteiger partial charge in [-0.25, -0.2) is 9.97 Å². The summed E-state index contributed by atoms with van der Waals surface area (Å²) in [6.07, 6.45) is 5.11. The lowest BCUT2D eigenvalue weighted by Gasteiger charge is -2.06. The van der Waals surface area contributed by atoms with Crippen LogP contribution in [0.4, 0.5) is 5.95 Å². The van der Waals surface area contributed by atoms with Gasteiger partial charge in [0.2, 0.25) is 5.95 Å². The number of anilines is 1. The van der Waals surface area contributed by atoms with Gasteiger partial charge in [-0.05, 0) is 18.4 Å². The van der Waals surface area contributed by atoms with Crippen molar-refractivity contribution in [3.05, 3.63) is 17.5 Å². The molecular weight excluding hydrogens is 162 g/mol. The molecule has 0 unspecified atom stereocenters. The molecular formula is C10H17N3. The molecule has 0 bridgehead atoms. The van der Waals surface area contributed by atoms with E-state index in [0.717, 1.165) is 25.2 Å². The molecule has 0 amide bonds. The first-order chi connectivity index (χ1) is 6.31. The summed E-state index contributed by atoms with van der Waals surface area (Å²) in [4.78, 5) is 8.62. The summed E-state index contributed by atoms with van der Waals surface area (Å²) in [7, 11) is 1.84. The van der Waals surface area contributed by atoms with Crippen LogP contribution in [0.1, 0.15) is 31.5 Å². The standard InChI is InChI=1S/C10H17N3/c1-4-6-9-8(5-2)7-12-10(11-3)13-9/h7H,4-6H2,1-3H3,(H,11,12,13). The molecule has 0 saturated carbocycles. The van der Waals surface area contributed by atoms with Gasteiger partial charge >= 0.3 is 0 Å². The third-order valence-corrected chi connectivity index (χ3v) is 2.05. The van der Waals surface area contributed by atoms with Crippen LogP contribution in [-0.2, 0) is 12.8 Å². The fourth-order valence-electron chi connectivity index (χ4n) is 1.31. The molecule has 1 rings (SSSR count). The molecule has 13 heavy (non-hydrogen) atoms. The second-order valence-corrected chi connectivity index (χ2v) is 3.02. The lowest BCUT2D eigenvalue weighted by Crippen LogP contribution is -2.03. The second-order valence-electron chi connectivity index (χ2n) is 3.02. The Morgan fingerprint density at radius 2 is 2.15 bits per heavy atom. The zero-order valence-corrected chi connectivity index (χ0v) is 8.59. The number of aromatic nitrogens is 2. The zero-order valence-electron chi connectivity index (χ0n) is 8.59. The predicted molar refractivity (Wildman–Crippen MR) is 55.0 cm³/mol. The van der Waals surface area contributed by atoms with Gasteiger partial charge in [0.25, 0.3) is 0 Å². The molecule has 0 radical (unpaired) electrons. The van der Waals surface area contributed by atoms with Crippen LogP contribution in [0.5, 0.6) is 0 Å². The van der Waals surface area contributed by atoms with Crippen LogP contribution >= 0.6 is 0 Å². The third kappa shape index (κ3) is 2.41. The monoisotopic (exact) mass is 179 g/mol. The molecule has 72 valence electrons. The van der Waals surface area contributed by atoms with E-state index in [1.54, 1.807) is 0 Å². The highest BCUT2D eigenvalue weighted by Gasteiger charge is 2.03. The number of nitrogens with zero attached hydrogens (tertiary/aromatic N) is 2. The summed E-state index contributed by atoms with van der Waals surface area (Å²) in [5, 5.41) is 2.95. The van der Waals surface area contributed by atoms with Gasteiger partial charge in [0.05, 0.1) is 0 Å². The van der Waals surface area contributed by atoms with Crippen LogP contribution in [0, 0.1) is 0 Å². The quantitative estimate of drug-likeness (QED) is 0.768. The Morgan fingerprint density at radius 3 is 2.69 bits per heavy atom. The molecule has 0 aliphatic heterocycles. The van der Waals surface area contributed by atoms with Crippen molar-refractivity contribution in [2.75, 3.05) is 12.4 Å². The molecule has 1 aromatic rings. The molecule has 0 fully saturated rings. The van der Waals surface area contributed by atoms with E-state index in [-0.39, 0.29) is 0 Å². The Bertz CT molecular complexity index is 271. The minimum Gasteiger partial charge on any atom is -0.357 e. The maximum Gasteiger partial charge on any atom is 0.222 e. The Kier molecular flexibility index (Phi) is 3.68. The van der Waals surface area contributed by atoms with Gasteiger partial charge in [0, 0.05) is 18.9 Å². The van der Waals surface area contributed by atoms with Crippen LogP contribution in [-0.4, -0.2) is 17.0 Å². The summed E-state index contributed by atoms with van der Waals surface area (Å²) in [6, 6.07) is 0. The van der Waals surface area contributed by atoms with E-state index < -0.39 is 0 Å². The summed E-state index contributed by atoms with van der Waals surface area (Å²) in [5.41, 5.74) is 2.45. The Labute approximate surface area is 79.6 Å². The first kappa shape index (κ1) is 9.96. The van der Waals surface area contributed by atoms with Crippen LogP contribution in [0.15, 0.2) is 6.20 Å². The molecule has 1 aromatic heterocycles. The van der Waals surface area contributed by atoms with Crippen molar-refractivity contribution in [1.29, 1.82) is 0 Å². The fourth-order valence-corrected chi connectivity index (χ4v) is 1.31. The van der Waals surface area contributed by atoms with Crippen molar-refractivity contribution in [2.24, 2.45) is 0 Å². The Morgan fingerprint density at radius 1 is 1.38 bits per heavy atom. The number of hydrogen-bond donors (Lipinski definition) is 1. The van der Waals surface area contributed by atoms with Gasteiger partial charge in [0.15, 0.2) is 0 Å². The first-order valence-electron chi connectivity index (χ1n) is 4.84. The van der Waals surface area contributed by atoms with Gasteiger partial charge in [-0.3, -0.25) is 0 Å². The van der Waals surface area contributed by atoms with E-state index in [1.807, 2.05) is 13.2 Å². The van der Waals surface area contributed by atoms with Gasteiger partial charge in [-0.2, -0.15) is 0 Å². The molecule has 1 N–H and O–H groups in total. The van der Waals surface area contributed by atoms with E-state index in [2.05, 4.69) is 29.1 Å².